The fourth-order valence-electron chi connectivity index (χ4n) is 3.73. The van der Waals surface area contributed by atoms with Crippen LogP contribution < -0.4 is 15.4 Å². The van der Waals surface area contributed by atoms with E-state index in [9.17, 15) is 18.0 Å². The maximum absolute atomic E-state index is 12.9. The summed E-state index contributed by atoms with van der Waals surface area (Å²) < 4.78 is 43.9. The maximum Gasteiger partial charge on any atom is 0.416 e. The number of anilines is 1. The van der Waals surface area contributed by atoms with Crippen LogP contribution in [0.4, 0.5) is 18.9 Å². The van der Waals surface area contributed by atoms with Crippen molar-refractivity contribution in [3.05, 3.63) is 59.8 Å². The molecule has 0 atom stereocenters. The first kappa shape index (κ1) is 21.2. The molecular formula is C23H24F3N3O2. The second-order valence-electron chi connectivity index (χ2n) is 8.16. The molecule has 2 heterocycles. The summed E-state index contributed by atoms with van der Waals surface area (Å²) in [6, 6.07) is 10.3. The van der Waals surface area contributed by atoms with Gasteiger partial charge in [0.15, 0.2) is 0 Å². The van der Waals surface area contributed by atoms with Gasteiger partial charge in [0.1, 0.15) is 12.4 Å². The molecule has 0 unspecified atom stereocenters. The summed E-state index contributed by atoms with van der Waals surface area (Å²) in [5.74, 6) is 0.557. The van der Waals surface area contributed by atoms with Crippen LogP contribution in [0.1, 0.15) is 30.9 Å². The Morgan fingerprint density at radius 1 is 1.13 bits per heavy atom. The third-order valence-corrected chi connectivity index (χ3v) is 5.84. The van der Waals surface area contributed by atoms with Gasteiger partial charge in [0.2, 0.25) is 5.91 Å². The number of hydrogen-bond donors (Lipinski definition) is 3. The number of fused-ring (bicyclic) bond motifs is 1. The molecule has 0 aliphatic carbocycles. The summed E-state index contributed by atoms with van der Waals surface area (Å²) in [4.78, 5) is 16.0. The highest BCUT2D eigenvalue weighted by atomic mass is 19.4. The highest BCUT2D eigenvalue weighted by molar-refractivity contribution is 6.03. The number of alkyl halides is 3. The second kappa shape index (κ2) is 8.26. The van der Waals surface area contributed by atoms with Gasteiger partial charge in [-0.25, -0.2) is 0 Å². The Kier molecular flexibility index (Phi) is 5.66. The van der Waals surface area contributed by atoms with Gasteiger partial charge < -0.3 is 20.4 Å². The molecule has 3 N–H and O–H groups in total. The highest BCUT2D eigenvalue weighted by Gasteiger charge is 2.34. The molecule has 3 aromatic rings. The number of carbonyl (C=O) groups excluding carboxylic acids is 1. The van der Waals surface area contributed by atoms with Crippen LogP contribution in [0, 0.1) is 5.41 Å². The average Bonchev–Trinajstić information content (AvgIpc) is 3.14. The second-order valence-corrected chi connectivity index (χ2v) is 8.16. The van der Waals surface area contributed by atoms with E-state index in [1.165, 1.54) is 12.1 Å². The van der Waals surface area contributed by atoms with Gasteiger partial charge in [0, 0.05) is 22.5 Å². The van der Waals surface area contributed by atoms with Gasteiger partial charge >= 0.3 is 6.18 Å². The van der Waals surface area contributed by atoms with E-state index in [0.717, 1.165) is 49.0 Å². The fourth-order valence-corrected chi connectivity index (χ4v) is 3.73. The molecule has 2 aromatic carbocycles. The molecule has 1 aliphatic rings. The molecular weight excluding hydrogens is 407 g/mol. The molecule has 0 bridgehead atoms. The Hall–Kier alpha value is -3.00. The minimum atomic E-state index is -4.36. The van der Waals surface area contributed by atoms with Crippen molar-refractivity contribution in [1.29, 1.82) is 0 Å². The number of amides is 1. The van der Waals surface area contributed by atoms with E-state index in [-0.39, 0.29) is 12.5 Å². The van der Waals surface area contributed by atoms with Crippen LogP contribution in [0.2, 0.25) is 0 Å². The SMILES string of the molecule is CC1(C(=O)Nc2c[nH]c3ccc(OCc4ccc(C(F)(F)F)cc4)cc23)CCNCC1. The van der Waals surface area contributed by atoms with E-state index >= 15 is 0 Å². The van der Waals surface area contributed by atoms with Gasteiger partial charge in [-0.2, -0.15) is 13.2 Å². The van der Waals surface area contributed by atoms with Crippen LogP contribution in [0.3, 0.4) is 0 Å². The van der Waals surface area contributed by atoms with Crippen LogP contribution in [-0.4, -0.2) is 24.0 Å². The molecule has 1 aliphatic heterocycles. The zero-order valence-corrected chi connectivity index (χ0v) is 17.1. The third kappa shape index (κ3) is 4.69. The molecule has 0 spiro atoms. The Bertz CT molecular complexity index is 1070. The normalized spacial score (nSPS) is 16.3. The number of ether oxygens (including phenoxy) is 1. The van der Waals surface area contributed by atoms with Crippen LogP contribution in [-0.2, 0) is 17.6 Å². The number of piperidine rings is 1. The largest absolute Gasteiger partial charge is 0.489 e. The molecule has 1 aromatic heterocycles. The number of carbonyl (C=O) groups is 1. The smallest absolute Gasteiger partial charge is 0.416 e. The van der Waals surface area contributed by atoms with Crippen molar-refractivity contribution < 1.29 is 22.7 Å². The lowest BCUT2D eigenvalue weighted by atomic mass is 9.80. The van der Waals surface area contributed by atoms with Gasteiger partial charge in [-0.3, -0.25) is 4.79 Å². The molecule has 1 fully saturated rings. The summed E-state index contributed by atoms with van der Waals surface area (Å²) >= 11 is 0. The van der Waals surface area contributed by atoms with Gasteiger partial charge in [-0.1, -0.05) is 19.1 Å². The predicted octanol–water partition coefficient (Wildman–Crippen LogP) is 5.09. The van der Waals surface area contributed by atoms with Gasteiger partial charge in [0.25, 0.3) is 0 Å². The van der Waals surface area contributed by atoms with E-state index in [1.54, 1.807) is 12.3 Å². The molecule has 0 saturated carbocycles. The summed E-state index contributed by atoms with van der Waals surface area (Å²) in [5, 5.41) is 7.12. The summed E-state index contributed by atoms with van der Waals surface area (Å²) in [6.07, 6.45) is -1.04. The summed E-state index contributed by atoms with van der Waals surface area (Å²) in [7, 11) is 0. The molecule has 8 heteroatoms. The van der Waals surface area contributed by atoms with Gasteiger partial charge in [0.05, 0.1) is 11.3 Å². The lowest BCUT2D eigenvalue weighted by Gasteiger charge is -2.32. The number of hydrogen-bond acceptors (Lipinski definition) is 3. The first-order chi connectivity index (χ1) is 14.7. The van der Waals surface area contributed by atoms with Crippen molar-refractivity contribution >= 4 is 22.5 Å². The topological polar surface area (TPSA) is 66.2 Å². The molecule has 1 amide bonds. The van der Waals surface area contributed by atoms with Crippen molar-refractivity contribution in [2.45, 2.75) is 32.5 Å². The monoisotopic (exact) mass is 431 g/mol. The minimum absolute atomic E-state index is 0.00836. The first-order valence-corrected chi connectivity index (χ1v) is 10.2. The zero-order chi connectivity index (χ0) is 22.1. The quantitative estimate of drug-likeness (QED) is 0.527. The van der Waals surface area contributed by atoms with Crippen molar-refractivity contribution in [1.82, 2.24) is 10.3 Å². The van der Waals surface area contributed by atoms with Crippen LogP contribution in [0.15, 0.2) is 48.7 Å². The number of aromatic amines is 1. The number of nitrogens with one attached hydrogen (secondary N) is 3. The predicted molar refractivity (Wildman–Crippen MR) is 113 cm³/mol. The highest BCUT2D eigenvalue weighted by Crippen LogP contribution is 2.33. The summed E-state index contributed by atoms with van der Waals surface area (Å²) in [5.41, 5.74) is 1.07. The molecule has 0 radical (unpaired) electrons. The number of halogens is 3. The molecule has 5 nitrogen and oxygen atoms in total. The lowest BCUT2D eigenvalue weighted by Crippen LogP contribution is -2.42. The molecule has 31 heavy (non-hydrogen) atoms. The maximum atomic E-state index is 12.9. The van der Waals surface area contributed by atoms with Crippen molar-refractivity contribution in [3.8, 4) is 5.75 Å². The van der Waals surface area contributed by atoms with E-state index in [1.807, 2.05) is 19.1 Å². The van der Waals surface area contributed by atoms with E-state index in [4.69, 9.17) is 4.74 Å². The van der Waals surface area contributed by atoms with E-state index < -0.39 is 17.2 Å². The van der Waals surface area contributed by atoms with Crippen LogP contribution in [0.5, 0.6) is 5.75 Å². The Morgan fingerprint density at radius 2 is 1.84 bits per heavy atom. The van der Waals surface area contributed by atoms with Crippen molar-refractivity contribution in [2.24, 2.45) is 5.41 Å². The van der Waals surface area contributed by atoms with Gasteiger partial charge in [-0.05, 0) is 61.8 Å². The number of benzene rings is 2. The minimum Gasteiger partial charge on any atom is -0.489 e. The number of aromatic nitrogens is 1. The van der Waals surface area contributed by atoms with Crippen molar-refractivity contribution in [3.63, 3.8) is 0 Å². The summed E-state index contributed by atoms with van der Waals surface area (Å²) in [6.45, 7) is 3.76. The molecule has 164 valence electrons. The Morgan fingerprint density at radius 3 is 2.52 bits per heavy atom. The lowest BCUT2D eigenvalue weighted by molar-refractivity contribution is -0.137. The zero-order valence-electron chi connectivity index (χ0n) is 17.1. The molecule has 1 saturated heterocycles. The van der Waals surface area contributed by atoms with E-state index in [2.05, 4.69) is 15.6 Å². The average molecular weight is 431 g/mol. The van der Waals surface area contributed by atoms with Crippen LogP contribution >= 0.6 is 0 Å². The third-order valence-electron chi connectivity index (χ3n) is 5.84. The molecule has 4 rings (SSSR count). The van der Waals surface area contributed by atoms with Gasteiger partial charge in [-0.15, -0.1) is 0 Å². The fraction of sp³-hybridized carbons (Fsp3) is 0.348. The Balaban J connectivity index is 1.46. The number of rotatable bonds is 5. The Labute approximate surface area is 178 Å². The van der Waals surface area contributed by atoms with Crippen molar-refractivity contribution in [2.75, 3.05) is 18.4 Å². The van der Waals surface area contributed by atoms with Crippen LogP contribution in [0.25, 0.3) is 10.9 Å². The van der Waals surface area contributed by atoms with E-state index in [0.29, 0.717) is 17.0 Å². The first-order valence-electron chi connectivity index (χ1n) is 10.2. The number of H-pyrrole nitrogens is 1. The standard InChI is InChI=1S/C23H24F3N3O2/c1-22(8-10-27-11-9-22)21(30)29-20-13-28-19-7-6-17(12-18(19)20)31-14-15-2-4-16(5-3-15)23(24,25)26/h2-7,12-13,27-28H,8-11,14H2,1H3,(H,29,30).